The minimum atomic E-state index is -0.372. The molecule has 4 aromatic rings. The van der Waals surface area contributed by atoms with E-state index in [1.807, 2.05) is 18.2 Å². The van der Waals surface area contributed by atoms with E-state index in [0.29, 0.717) is 28.5 Å². The van der Waals surface area contributed by atoms with Gasteiger partial charge in [-0.1, -0.05) is 0 Å². The zero-order chi connectivity index (χ0) is 23.7. The highest BCUT2D eigenvalue weighted by molar-refractivity contribution is 7.12. The maximum Gasteiger partial charge on any atom is 0.275 e. The van der Waals surface area contributed by atoms with Crippen LogP contribution in [0.2, 0.25) is 0 Å². The monoisotopic (exact) mass is 480 g/mol. The Labute approximate surface area is 199 Å². The highest BCUT2D eigenvalue weighted by atomic mass is 32.1. The van der Waals surface area contributed by atoms with E-state index in [9.17, 15) is 15.0 Å². The average Bonchev–Trinajstić information content (AvgIpc) is 3.49. The molecule has 0 saturated carbocycles. The molecule has 0 aliphatic carbocycles. The van der Waals surface area contributed by atoms with Gasteiger partial charge in [-0.2, -0.15) is 0 Å². The van der Waals surface area contributed by atoms with Crippen LogP contribution in [0.25, 0.3) is 15.9 Å². The molecular weight excluding hydrogens is 456 g/mol. The van der Waals surface area contributed by atoms with Crippen molar-refractivity contribution in [3.05, 3.63) is 53.9 Å². The number of ether oxygens (including phenoxy) is 1. The zero-order valence-corrected chi connectivity index (χ0v) is 19.2. The van der Waals surface area contributed by atoms with Gasteiger partial charge in [0, 0.05) is 54.2 Å². The summed E-state index contributed by atoms with van der Waals surface area (Å²) in [5.41, 5.74) is 1.64. The van der Waals surface area contributed by atoms with Gasteiger partial charge in [0.15, 0.2) is 5.13 Å². The van der Waals surface area contributed by atoms with E-state index in [4.69, 9.17) is 4.74 Å². The Morgan fingerprint density at radius 3 is 3.09 bits per heavy atom. The maximum atomic E-state index is 13.0. The first-order valence-electron chi connectivity index (χ1n) is 10.8. The van der Waals surface area contributed by atoms with Gasteiger partial charge in [-0.3, -0.25) is 14.3 Å². The number of hydrogen-bond acceptors (Lipinski definition) is 9. The van der Waals surface area contributed by atoms with E-state index in [2.05, 4.69) is 25.5 Å². The molecule has 10 nitrogen and oxygen atoms in total. The van der Waals surface area contributed by atoms with Gasteiger partial charge in [0.25, 0.3) is 5.91 Å². The summed E-state index contributed by atoms with van der Waals surface area (Å²) in [7, 11) is 1.57. The van der Waals surface area contributed by atoms with E-state index < -0.39 is 0 Å². The Balaban J connectivity index is 1.38. The molecule has 4 heterocycles. The lowest BCUT2D eigenvalue weighted by Gasteiger charge is -2.35. The van der Waals surface area contributed by atoms with Gasteiger partial charge in [-0.15, -0.1) is 11.3 Å². The van der Waals surface area contributed by atoms with Gasteiger partial charge in [0.1, 0.15) is 11.4 Å². The quantitative estimate of drug-likeness (QED) is 0.331. The topological polar surface area (TPSA) is 125 Å². The second-order valence-corrected chi connectivity index (χ2v) is 8.75. The molecule has 1 fully saturated rings. The van der Waals surface area contributed by atoms with Crippen molar-refractivity contribution in [3.63, 3.8) is 0 Å². The maximum absolute atomic E-state index is 13.0. The van der Waals surface area contributed by atoms with Crippen LogP contribution in [0.1, 0.15) is 10.5 Å². The van der Waals surface area contributed by atoms with Crippen LogP contribution in [-0.2, 0) is 0 Å². The molecule has 34 heavy (non-hydrogen) atoms. The van der Waals surface area contributed by atoms with Crippen molar-refractivity contribution in [2.24, 2.45) is 0 Å². The number of aromatic hydroxyl groups is 1. The van der Waals surface area contributed by atoms with Crippen molar-refractivity contribution in [1.82, 2.24) is 19.9 Å². The average molecular weight is 481 g/mol. The first kappa shape index (κ1) is 22.1. The molecule has 4 N–H and O–H groups in total. The molecule has 1 saturated heterocycles. The van der Waals surface area contributed by atoms with E-state index in [-0.39, 0.29) is 30.1 Å². The number of aromatic nitrogens is 3. The molecule has 11 heteroatoms. The molecule has 0 spiro atoms. The molecule has 1 aromatic carbocycles. The third-order valence-corrected chi connectivity index (χ3v) is 6.63. The van der Waals surface area contributed by atoms with Crippen LogP contribution in [-0.4, -0.2) is 70.0 Å². The van der Waals surface area contributed by atoms with Gasteiger partial charge >= 0.3 is 0 Å². The van der Waals surface area contributed by atoms with E-state index in [0.717, 1.165) is 24.2 Å². The minimum absolute atomic E-state index is 0.0295. The number of carbonyl (C=O) groups is 1. The van der Waals surface area contributed by atoms with Crippen molar-refractivity contribution < 1.29 is 19.7 Å². The lowest BCUT2D eigenvalue weighted by molar-refractivity contribution is 0.102. The third-order valence-electron chi connectivity index (χ3n) is 5.79. The number of aliphatic hydroxyl groups excluding tert-OH is 1. The van der Waals surface area contributed by atoms with Crippen LogP contribution in [0.3, 0.4) is 0 Å². The fourth-order valence-corrected chi connectivity index (χ4v) is 4.82. The lowest BCUT2D eigenvalue weighted by Crippen LogP contribution is -2.52. The molecule has 3 aromatic heterocycles. The number of fused-ring (bicyclic) bond motifs is 1. The summed E-state index contributed by atoms with van der Waals surface area (Å²) in [5, 5.41) is 30.0. The van der Waals surface area contributed by atoms with Gasteiger partial charge in [0.05, 0.1) is 31.3 Å². The van der Waals surface area contributed by atoms with Gasteiger partial charge < -0.3 is 30.5 Å². The third kappa shape index (κ3) is 4.16. The van der Waals surface area contributed by atoms with Crippen LogP contribution in [0.4, 0.5) is 11.4 Å². The number of rotatable bonds is 6. The van der Waals surface area contributed by atoms with Crippen molar-refractivity contribution in [2.45, 2.75) is 6.04 Å². The molecule has 1 amide bonds. The second kappa shape index (κ2) is 9.29. The standard InChI is InChI=1S/C23H24N6O4S/c1-33-16-3-2-14-10-29(22(32)17(14)8-16)23-27-19(13-34-23)21(31)26-18-9-24-5-4-20(18)28-7-6-25-15(11-28)12-30/h2-5,8-10,13,15,25,30,32H,6-7,11-12H2,1H3,(H,26,31)/t15-/m0/s1. The number of aliphatic hydroxyl groups is 1. The van der Waals surface area contributed by atoms with Crippen molar-refractivity contribution in [1.29, 1.82) is 0 Å². The van der Waals surface area contributed by atoms with E-state index in [1.54, 1.807) is 41.7 Å². The van der Waals surface area contributed by atoms with Crippen molar-refractivity contribution in [3.8, 4) is 16.8 Å². The Hall–Kier alpha value is -3.67. The summed E-state index contributed by atoms with van der Waals surface area (Å²) in [5.74, 6) is 0.298. The molecule has 5 rings (SSSR count). The summed E-state index contributed by atoms with van der Waals surface area (Å²) in [6, 6.07) is 7.24. The van der Waals surface area contributed by atoms with Crippen molar-refractivity contribution >= 4 is 39.4 Å². The predicted molar refractivity (Wildman–Crippen MR) is 130 cm³/mol. The molecule has 1 aliphatic rings. The number of hydrogen-bond donors (Lipinski definition) is 4. The Bertz CT molecular complexity index is 1340. The number of amides is 1. The molecule has 176 valence electrons. The number of piperazine rings is 1. The lowest BCUT2D eigenvalue weighted by atomic mass is 10.2. The summed E-state index contributed by atoms with van der Waals surface area (Å²) in [4.78, 5) is 23.7. The highest BCUT2D eigenvalue weighted by Crippen LogP contribution is 2.34. The van der Waals surface area contributed by atoms with Crippen molar-refractivity contribution in [2.75, 3.05) is 43.6 Å². The summed E-state index contributed by atoms with van der Waals surface area (Å²) < 4.78 is 6.79. The van der Waals surface area contributed by atoms with Gasteiger partial charge in [-0.05, 0) is 24.3 Å². The normalized spacial score (nSPS) is 16.1. The van der Waals surface area contributed by atoms with Crippen LogP contribution < -0.4 is 20.3 Å². The number of benzene rings is 1. The molecule has 1 aliphatic heterocycles. The van der Waals surface area contributed by atoms with E-state index >= 15 is 0 Å². The van der Waals surface area contributed by atoms with E-state index in [1.165, 1.54) is 11.3 Å². The Morgan fingerprint density at radius 2 is 2.26 bits per heavy atom. The summed E-state index contributed by atoms with van der Waals surface area (Å²) >= 11 is 1.25. The first-order chi connectivity index (χ1) is 16.6. The minimum Gasteiger partial charge on any atom is -0.497 e. The van der Waals surface area contributed by atoms with Gasteiger partial charge in [0.2, 0.25) is 5.88 Å². The number of pyridine rings is 1. The largest absolute Gasteiger partial charge is 0.497 e. The Kier molecular flexibility index (Phi) is 6.05. The first-order valence-corrected chi connectivity index (χ1v) is 11.6. The highest BCUT2D eigenvalue weighted by Gasteiger charge is 2.22. The van der Waals surface area contributed by atoms with Gasteiger partial charge in [-0.25, -0.2) is 4.98 Å². The summed E-state index contributed by atoms with van der Waals surface area (Å²) in [6.07, 6.45) is 5.05. The van der Waals surface area contributed by atoms with Crippen LogP contribution in [0, 0.1) is 0 Å². The zero-order valence-electron chi connectivity index (χ0n) is 18.4. The van der Waals surface area contributed by atoms with Crippen LogP contribution in [0.5, 0.6) is 11.6 Å². The number of nitrogens with one attached hydrogen (secondary N) is 2. The number of nitrogens with zero attached hydrogens (tertiary/aromatic N) is 4. The number of carbonyl (C=O) groups excluding carboxylic acids is 1. The Morgan fingerprint density at radius 1 is 1.38 bits per heavy atom. The number of thiazole rings is 1. The van der Waals surface area contributed by atoms with Crippen LogP contribution in [0.15, 0.2) is 48.2 Å². The molecule has 0 unspecified atom stereocenters. The number of anilines is 2. The SMILES string of the molecule is COc1ccc2cn(-c3nc(C(=O)Nc4cnccc4N4CCN[C@H](CO)C4)cs3)c(O)c2c1. The fourth-order valence-electron chi connectivity index (χ4n) is 4.04. The summed E-state index contributed by atoms with van der Waals surface area (Å²) in [6.45, 7) is 2.14. The second-order valence-electron chi connectivity index (χ2n) is 7.92. The smallest absolute Gasteiger partial charge is 0.275 e. The molecular formula is C23H24N6O4S. The van der Waals surface area contributed by atoms with Crippen LogP contribution >= 0.6 is 11.3 Å². The molecule has 1 atom stereocenters. The fraction of sp³-hybridized carbons (Fsp3) is 0.261. The predicted octanol–water partition coefficient (Wildman–Crippen LogP) is 2.22. The molecule has 0 bridgehead atoms. The molecule has 0 radical (unpaired) electrons. The number of methoxy groups -OCH3 is 1.